The molecule has 3 N–H and O–H groups in total. The average Bonchev–Trinajstić information content (AvgIpc) is 2.45. The summed E-state index contributed by atoms with van der Waals surface area (Å²) in [5.41, 5.74) is 1.02. The fourth-order valence-corrected chi connectivity index (χ4v) is 1.41. The zero-order valence-electron chi connectivity index (χ0n) is 8.26. The van der Waals surface area contributed by atoms with E-state index in [2.05, 4.69) is 15.6 Å². The largest absolute Gasteiger partial charge is 0.341 e. The molecule has 1 rings (SSSR count). The quantitative estimate of drug-likeness (QED) is 0.651. The molecule has 0 aliphatic carbocycles. The fourth-order valence-electron chi connectivity index (χ4n) is 1.11. The second kappa shape index (κ2) is 4.80. The van der Waals surface area contributed by atoms with Crippen LogP contribution in [0.5, 0.6) is 0 Å². The molecule has 0 aliphatic rings. The number of nitrogens with zero attached hydrogens (tertiary/aromatic N) is 1. The number of aromatic amines is 1. The highest BCUT2D eigenvalue weighted by Gasteiger charge is 1.97. The molecule has 0 radical (unpaired) electrons. The molecular weight excluding hydrogens is 200 g/mol. The number of H-pyrrole nitrogens is 1. The molecular formula is C8H14N4OS. The van der Waals surface area contributed by atoms with Crippen LogP contribution in [0, 0.1) is 11.7 Å². The molecule has 0 unspecified atom stereocenters. The number of carbonyl (C=O) groups excluding carboxylic acids is 1. The van der Waals surface area contributed by atoms with Crippen LogP contribution in [0.25, 0.3) is 0 Å². The topological polar surface area (TPSA) is 61.9 Å². The summed E-state index contributed by atoms with van der Waals surface area (Å²) < 4.78 is 2.57. The Bertz CT molecular complexity index is 368. The molecule has 0 atom stereocenters. The minimum atomic E-state index is -0.177. The van der Waals surface area contributed by atoms with Gasteiger partial charge in [0, 0.05) is 32.0 Å². The first-order valence-corrected chi connectivity index (χ1v) is 4.76. The van der Waals surface area contributed by atoms with Crippen molar-refractivity contribution in [3.8, 4) is 0 Å². The van der Waals surface area contributed by atoms with Gasteiger partial charge >= 0.3 is 6.03 Å². The number of amides is 2. The van der Waals surface area contributed by atoms with Crippen LogP contribution in [-0.2, 0) is 6.54 Å². The van der Waals surface area contributed by atoms with E-state index in [1.807, 2.05) is 17.7 Å². The van der Waals surface area contributed by atoms with Crippen LogP contribution in [0.2, 0.25) is 0 Å². The van der Waals surface area contributed by atoms with Crippen molar-refractivity contribution in [2.24, 2.45) is 0 Å². The zero-order chi connectivity index (χ0) is 10.6. The third-order valence-corrected chi connectivity index (χ3v) is 2.12. The first-order valence-electron chi connectivity index (χ1n) is 4.35. The molecule has 78 valence electrons. The van der Waals surface area contributed by atoms with Crippen molar-refractivity contribution in [1.82, 2.24) is 20.2 Å². The van der Waals surface area contributed by atoms with Crippen molar-refractivity contribution in [2.75, 3.05) is 13.6 Å². The smallest absolute Gasteiger partial charge is 0.314 e. The summed E-state index contributed by atoms with van der Waals surface area (Å²) in [5, 5.41) is 5.16. The third kappa shape index (κ3) is 2.88. The van der Waals surface area contributed by atoms with E-state index in [1.165, 1.54) is 0 Å². The van der Waals surface area contributed by atoms with Crippen molar-refractivity contribution >= 4 is 18.2 Å². The van der Waals surface area contributed by atoms with Gasteiger partial charge in [-0.1, -0.05) is 0 Å². The van der Waals surface area contributed by atoms with Crippen molar-refractivity contribution in [3.63, 3.8) is 0 Å². The van der Waals surface area contributed by atoms with Gasteiger partial charge in [-0.2, -0.15) is 0 Å². The fraction of sp³-hybridized carbons (Fsp3) is 0.500. The van der Waals surface area contributed by atoms with E-state index in [4.69, 9.17) is 12.2 Å². The summed E-state index contributed by atoms with van der Waals surface area (Å²) in [6, 6.07) is -0.177. The van der Waals surface area contributed by atoms with Gasteiger partial charge in [0.1, 0.15) is 0 Å². The summed E-state index contributed by atoms with van der Waals surface area (Å²) in [7, 11) is 1.58. The van der Waals surface area contributed by atoms with Crippen LogP contribution in [-0.4, -0.2) is 29.2 Å². The van der Waals surface area contributed by atoms with E-state index < -0.39 is 0 Å². The standard InChI is InChI=1S/C8H14N4OS/c1-6-5-12(8(14)11-6)4-3-10-7(13)9-2/h5H,3-4H2,1-2H3,(H,11,14)(H2,9,10,13). The number of aryl methyl sites for hydroxylation is 1. The van der Waals surface area contributed by atoms with Crippen molar-refractivity contribution < 1.29 is 4.79 Å². The average molecular weight is 214 g/mol. The number of nitrogens with one attached hydrogen (secondary N) is 3. The van der Waals surface area contributed by atoms with Gasteiger partial charge in [0.05, 0.1) is 0 Å². The Labute approximate surface area is 87.5 Å². The number of rotatable bonds is 3. The molecule has 0 fully saturated rings. The van der Waals surface area contributed by atoms with Gasteiger partial charge in [-0.3, -0.25) is 0 Å². The first-order chi connectivity index (χ1) is 6.63. The third-order valence-electron chi connectivity index (χ3n) is 1.78. The Morgan fingerprint density at radius 2 is 2.43 bits per heavy atom. The van der Waals surface area contributed by atoms with E-state index in [0.29, 0.717) is 17.9 Å². The molecule has 5 nitrogen and oxygen atoms in total. The lowest BCUT2D eigenvalue weighted by Crippen LogP contribution is -2.34. The number of aromatic nitrogens is 2. The normalized spacial score (nSPS) is 9.86. The molecule has 0 aliphatic heterocycles. The Kier molecular flexibility index (Phi) is 3.70. The van der Waals surface area contributed by atoms with Gasteiger partial charge in [-0.05, 0) is 19.1 Å². The Balaban J connectivity index is 2.42. The van der Waals surface area contributed by atoms with E-state index in [0.717, 1.165) is 5.69 Å². The molecule has 6 heteroatoms. The van der Waals surface area contributed by atoms with Crippen molar-refractivity contribution in [1.29, 1.82) is 0 Å². The monoisotopic (exact) mass is 214 g/mol. The van der Waals surface area contributed by atoms with Crippen LogP contribution < -0.4 is 10.6 Å². The summed E-state index contributed by atoms with van der Waals surface area (Å²) in [5.74, 6) is 0. The first kappa shape index (κ1) is 10.8. The lowest BCUT2D eigenvalue weighted by Gasteiger charge is -2.04. The SMILES string of the molecule is CNC(=O)NCCn1cc(C)[nH]c1=S. The van der Waals surface area contributed by atoms with Crippen LogP contribution in [0.4, 0.5) is 4.79 Å². The molecule has 2 amide bonds. The molecule has 0 aromatic carbocycles. The van der Waals surface area contributed by atoms with E-state index in [9.17, 15) is 4.79 Å². The molecule has 0 saturated carbocycles. The van der Waals surface area contributed by atoms with Gasteiger partial charge in [-0.15, -0.1) is 0 Å². The zero-order valence-corrected chi connectivity index (χ0v) is 9.07. The minimum Gasteiger partial charge on any atom is -0.341 e. The summed E-state index contributed by atoms with van der Waals surface area (Å²) in [4.78, 5) is 13.8. The van der Waals surface area contributed by atoms with Gasteiger partial charge in [0.15, 0.2) is 4.77 Å². The van der Waals surface area contributed by atoms with E-state index >= 15 is 0 Å². The Morgan fingerprint density at radius 1 is 1.71 bits per heavy atom. The van der Waals surface area contributed by atoms with Crippen LogP contribution in [0.15, 0.2) is 6.20 Å². The van der Waals surface area contributed by atoms with Crippen molar-refractivity contribution in [2.45, 2.75) is 13.5 Å². The second-order valence-electron chi connectivity index (χ2n) is 2.94. The minimum absolute atomic E-state index is 0.177. The molecule has 0 bridgehead atoms. The summed E-state index contributed by atoms with van der Waals surface area (Å²) >= 11 is 5.06. The number of hydrogen-bond donors (Lipinski definition) is 3. The van der Waals surface area contributed by atoms with Gasteiger partial charge < -0.3 is 20.2 Å². The lowest BCUT2D eigenvalue weighted by atomic mass is 10.5. The Hall–Kier alpha value is -1.30. The lowest BCUT2D eigenvalue weighted by molar-refractivity contribution is 0.242. The van der Waals surface area contributed by atoms with Crippen LogP contribution >= 0.6 is 12.2 Å². The van der Waals surface area contributed by atoms with E-state index in [1.54, 1.807) is 7.05 Å². The highest BCUT2D eigenvalue weighted by atomic mass is 32.1. The predicted octanol–water partition coefficient (Wildman–Crippen LogP) is 0.783. The molecule has 0 spiro atoms. The van der Waals surface area contributed by atoms with Crippen molar-refractivity contribution in [3.05, 3.63) is 16.7 Å². The van der Waals surface area contributed by atoms with Crippen LogP contribution in [0.1, 0.15) is 5.69 Å². The second-order valence-corrected chi connectivity index (χ2v) is 3.33. The predicted molar refractivity (Wildman–Crippen MR) is 56.8 cm³/mol. The van der Waals surface area contributed by atoms with Crippen LogP contribution in [0.3, 0.4) is 0 Å². The maximum absolute atomic E-state index is 10.8. The number of hydrogen-bond acceptors (Lipinski definition) is 2. The highest BCUT2D eigenvalue weighted by Crippen LogP contribution is 1.95. The molecule has 0 saturated heterocycles. The van der Waals surface area contributed by atoms with Gasteiger partial charge in [0.2, 0.25) is 0 Å². The van der Waals surface area contributed by atoms with Gasteiger partial charge in [0.25, 0.3) is 0 Å². The molecule has 1 aromatic rings. The number of imidazole rings is 1. The molecule has 1 heterocycles. The number of urea groups is 1. The summed E-state index contributed by atoms with van der Waals surface area (Å²) in [6.45, 7) is 3.18. The van der Waals surface area contributed by atoms with Gasteiger partial charge in [-0.25, -0.2) is 4.79 Å². The van der Waals surface area contributed by atoms with E-state index in [-0.39, 0.29) is 6.03 Å². The highest BCUT2D eigenvalue weighted by molar-refractivity contribution is 7.71. The number of carbonyl (C=O) groups is 1. The molecule has 1 aromatic heterocycles. The Morgan fingerprint density at radius 3 is 2.93 bits per heavy atom. The summed E-state index contributed by atoms with van der Waals surface area (Å²) in [6.07, 6.45) is 1.92. The molecule has 14 heavy (non-hydrogen) atoms. The maximum Gasteiger partial charge on any atom is 0.314 e. The maximum atomic E-state index is 10.8.